The first-order valence-corrected chi connectivity index (χ1v) is 7.38. The summed E-state index contributed by atoms with van der Waals surface area (Å²) >= 11 is 0. The molecule has 0 saturated carbocycles. The van der Waals surface area contributed by atoms with Crippen LogP contribution >= 0.6 is 24.8 Å². The van der Waals surface area contributed by atoms with Crippen LogP contribution in [0.4, 0.5) is 0 Å². The van der Waals surface area contributed by atoms with E-state index in [2.05, 4.69) is 54.9 Å². The Morgan fingerprint density at radius 1 is 1.10 bits per heavy atom. The second-order valence-corrected chi connectivity index (χ2v) is 5.65. The fraction of sp³-hybridized carbons (Fsp3) is 0.529. The normalized spacial score (nSPS) is 16.7. The summed E-state index contributed by atoms with van der Waals surface area (Å²) in [6, 6.07) is 9.63. The molecule has 1 heterocycles. The van der Waals surface area contributed by atoms with E-state index in [1.807, 2.05) is 6.08 Å². The van der Waals surface area contributed by atoms with Gasteiger partial charge in [0.25, 0.3) is 0 Å². The van der Waals surface area contributed by atoms with Crippen LogP contribution in [0.1, 0.15) is 43.4 Å². The summed E-state index contributed by atoms with van der Waals surface area (Å²) in [4.78, 5) is 2.57. The van der Waals surface area contributed by atoms with Crippen molar-refractivity contribution in [2.24, 2.45) is 0 Å². The highest BCUT2D eigenvalue weighted by molar-refractivity contribution is 5.85. The number of rotatable bonds is 5. The molecule has 0 radical (unpaired) electrons. The molecule has 21 heavy (non-hydrogen) atoms. The number of piperazine rings is 1. The zero-order valence-corrected chi connectivity index (χ0v) is 14.7. The van der Waals surface area contributed by atoms with Crippen LogP contribution in [0.2, 0.25) is 0 Å². The van der Waals surface area contributed by atoms with Gasteiger partial charge < -0.3 is 5.32 Å². The van der Waals surface area contributed by atoms with Crippen LogP contribution in [-0.4, -0.2) is 31.1 Å². The van der Waals surface area contributed by atoms with Crippen molar-refractivity contribution in [3.63, 3.8) is 0 Å². The lowest BCUT2D eigenvalue weighted by Crippen LogP contribution is -2.45. The van der Waals surface area contributed by atoms with E-state index in [9.17, 15) is 0 Å². The van der Waals surface area contributed by atoms with Crippen molar-refractivity contribution in [2.45, 2.75) is 32.2 Å². The summed E-state index contributed by atoms with van der Waals surface area (Å²) < 4.78 is 0. The molecule has 0 aromatic heterocycles. The van der Waals surface area contributed by atoms with Gasteiger partial charge in [-0.25, -0.2) is 0 Å². The first kappa shape index (κ1) is 20.5. The summed E-state index contributed by atoms with van der Waals surface area (Å²) in [5.74, 6) is 0.603. The van der Waals surface area contributed by atoms with Gasteiger partial charge in [-0.1, -0.05) is 44.2 Å². The van der Waals surface area contributed by atoms with Crippen LogP contribution < -0.4 is 5.32 Å². The lowest BCUT2D eigenvalue weighted by Gasteiger charge is -2.35. The molecule has 1 aliphatic rings. The van der Waals surface area contributed by atoms with Gasteiger partial charge in [0.15, 0.2) is 0 Å². The molecule has 0 aliphatic carbocycles. The highest BCUT2D eigenvalue weighted by atomic mass is 35.5. The quantitative estimate of drug-likeness (QED) is 0.815. The third-order valence-electron chi connectivity index (χ3n) is 3.97. The molecule has 2 rings (SSSR count). The van der Waals surface area contributed by atoms with Crippen LogP contribution in [0.15, 0.2) is 36.9 Å². The van der Waals surface area contributed by atoms with Gasteiger partial charge >= 0.3 is 0 Å². The third-order valence-corrected chi connectivity index (χ3v) is 3.97. The van der Waals surface area contributed by atoms with E-state index in [0.717, 1.165) is 32.6 Å². The Bertz CT molecular complexity index is 398. The standard InChI is InChI=1S/C17H26N2.2ClH/c1-4-5-17(19-12-10-18-11-13-19)16-8-6-15(7-9-16)14(2)3;;/h4,6-9,14,17-18H,1,5,10-13H2,2-3H3;2*1H/t17-;;/m0../s1. The van der Waals surface area contributed by atoms with Gasteiger partial charge in [0.1, 0.15) is 0 Å². The Kier molecular flexibility index (Phi) is 9.97. The van der Waals surface area contributed by atoms with Gasteiger partial charge in [-0.3, -0.25) is 4.90 Å². The molecule has 1 aromatic carbocycles. The summed E-state index contributed by atoms with van der Waals surface area (Å²) in [5.41, 5.74) is 2.84. The minimum atomic E-state index is 0. The van der Waals surface area contributed by atoms with Gasteiger partial charge in [-0.15, -0.1) is 31.4 Å². The molecule has 1 N–H and O–H groups in total. The average molecular weight is 331 g/mol. The minimum Gasteiger partial charge on any atom is -0.314 e. The molecule has 4 heteroatoms. The molecule has 0 unspecified atom stereocenters. The molecular weight excluding hydrogens is 303 g/mol. The Morgan fingerprint density at radius 2 is 1.62 bits per heavy atom. The fourth-order valence-electron chi connectivity index (χ4n) is 2.75. The van der Waals surface area contributed by atoms with Crippen molar-refractivity contribution < 1.29 is 0 Å². The second-order valence-electron chi connectivity index (χ2n) is 5.65. The third kappa shape index (κ3) is 5.63. The fourth-order valence-corrected chi connectivity index (χ4v) is 2.75. The maximum Gasteiger partial charge on any atom is 0.0383 e. The first-order valence-electron chi connectivity index (χ1n) is 7.38. The zero-order valence-electron chi connectivity index (χ0n) is 13.0. The minimum absolute atomic E-state index is 0. The number of benzene rings is 1. The SMILES string of the molecule is C=CC[C@@H](c1ccc(C(C)C)cc1)N1CCNCC1.Cl.Cl. The monoisotopic (exact) mass is 330 g/mol. The van der Waals surface area contributed by atoms with E-state index in [4.69, 9.17) is 0 Å². The van der Waals surface area contributed by atoms with Gasteiger partial charge in [-0.2, -0.15) is 0 Å². The molecular formula is C17H28Cl2N2. The molecule has 0 spiro atoms. The van der Waals surface area contributed by atoms with E-state index < -0.39 is 0 Å². The summed E-state index contributed by atoms with van der Waals surface area (Å²) in [5, 5.41) is 3.42. The van der Waals surface area contributed by atoms with E-state index in [1.165, 1.54) is 11.1 Å². The summed E-state index contributed by atoms with van der Waals surface area (Å²) in [6.45, 7) is 12.9. The van der Waals surface area contributed by atoms with E-state index in [1.54, 1.807) is 0 Å². The molecule has 1 aromatic rings. The Hall–Kier alpha value is -0.540. The van der Waals surface area contributed by atoms with Crippen LogP contribution in [0.3, 0.4) is 0 Å². The molecule has 120 valence electrons. The Labute approximate surface area is 141 Å². The number of nitrogens with one attached hydrogen (secondary N) is 1. The van der Waals surface area contributed by atoms with Crippen molar-refractivity contribution in [1.29, 1.82) is 0 Å². The molecule has 1 aliphatic heterocycles. The van der Waals surface area contributed by atoms with Crippen molar-refractivity contribution in [3.8, 4) is 0 Å². The van der Waals surface area contributed by atoms with Crippen LogP contribution in [0, 0.1) is 0 Å². The Balaban J connectivity index is 0.00000200. The van der Waals surface area contributed by atoms with Crippen LogP contribution in [0.25, 0.3) is 0 Å². The van der Waals surface area contributed by atoms with Crippen molar-refractivity contribution in [2.75, 3.05) is 26.2 Å². The summed E-state index contributed by atoms with van der Waals surface area (Å²) in [6.07, 6.45) is 3.07. The van der Waals surface area contributed by atoms with Gasteiger partial charge in [0, 0.05) is 32.2 Å². The topological polar surface area (TPSA) is 15.3 Å². The smallest absolute Gasteiger partial charge is 0.0383 e. The van der Waals surface area contributed by atoms with Crippen LogP contribution in [0.5, 0.6) is 0 Å². The Morgan fingerprint density at radius 3 is 2.10 bits per heavy atom. The van der Waals surface area contributed by atoms with Gasteiger partial charge in [0.2, 0.25) is 0 Å². The lowest BCUT2D eigenvalue weighted by atomic mass is 9.96. The molecule has 0 bridgehead atoms. The largest absolute Gasteiger partial charge is 0.314 e. The second kappa shape index (κ2) is 10.2. The highest BCUT2D eigenvalue weighted by Gasteiger charge is 2.20. The average Bonchev–Trinajstić information content (AvgIpc) is 2.46. The predicted molar refractivity (Wildman–Crippen MR) is 97.0 cm³/mol. The molecule has 1 fully saturated rings. The van der Waals surface area contributed by atoms with Crippen LogP contribution in [-0.2, 0) is 0 Å². The lowest BCUT2D eigenvalue weighted by molar-refractivity contribution is 0.174. The van der Waals surface area contributed by atoms with Crippen molar-refractivity contribution in [3.05, 3.63) is 48.0 Å². The number of hydrogen-bond acceptors (Lipinski definition) is 2. The van der Waals surface area contributed by atoms with Gasteiger partial charge in [-0.05, 0) is 23.5 Å². The first-order chi connectivity index (χ1) is 9.22. The highest BCUT2D eigenvalue weighted by Crippen LogP contribution is 2.26. The molecule has 1 saturated heterocycles. The predicted octanol–water partition coefficient (Wildman–Crippen LogP) is 4.18. The zero-order chi connectivity index (χ0) is 13.7. The number of hydrogen-bond donors (Lipinski definition) is 1. The van der Waals surface area contributed by atoms with Gasteiger partial charge in [0.05, 0.1) is 0 Å². The molecule has 0 amide bonds. The maximum atomic E-state index is 3.92. The van der Waals surface area contributed by atoms with E-state index in [-0.39, 0.29) is 24.8 Å². The summed E-state index contributed by atoms with van der Waals surface area (Å²) in [7, 11) is 0. The molecule has 1 atom stereocenters. The van der Waals surface area contributed by atoms with Crippen molar-refractivity contribution >= 4 is 24.8 Å². The molecule has 2 nitrogen and oxygen atoms in total. The van der Waals surface area contributed by atoms with E-state index >= 15 is 0 Å². The number of nitrogens with zero attached hydrogens (tertiary/aromatic N) is 1. The van der Waals surface area contributed by atoms with E-state index in [0.29, 0.717) is 12.0 Å². The number of halogens is 2. The van der Waals surface area contributed by atoms with Crippen molar-refractivity contribution in [1.82, 2.24) is 10.2 Å². The maximum absolute atomic E-state index is 3.92.